The van der Waals surface area contributed by atoms with E-state index < -0.39 is 0 Å². The van der Waals surface area contributed by atoms with Crippen LogP contribution < -0.4 is 10.1 Å². The van der Waals surface area contributed by atoms with Crippen LogP contribution in [0.4, 0.5) is 4.79 Å². The van der Waals surface area contributed by atoms with Gasteiger partial charge in [0.2, 0.25) is 5.91 Å². The molecule has 1 saturated carbocycles. The van der Waals surface area contributed by atoms with Gasteiger partial charge in [-0.05, 0) is 55.2 Å². The summed E-state index contributed by atoms with van der Waals surface area (Å²) < 4.78 is 10.8. The molecule has 1 aromatic rings. The van der Waals surface area contributed by atoms with E-state index in [9.17, 15) is 14.7 Å². The Balaban J connectivity index is 1.44. The maximum atomic E-state index is 12.5. The number of hydrogen-bond donors (Lipinski definition) is 2. The van der Waals surface area contributed by atoms with Gasteiger partial charge < -0.3 is 24.8 Å². The molecule has 0 unspecified atom stereocenters. The highest BCUT2D eigenvalue weighted by molar-refractivity contribution is 5.80. The molecule has 1 heterocycles. The summed E-state index contributed by atoms with van der Waals surface area (Å²) in [6, 6.07) is 4.97. The van der Waals surface area contributed by atoms with Gasteiger partial charge >= 0.3 is 6.09 Å². The van der Waals surface area contributed by atoms with E-state index in [0.717, 1.165) is 31.2 Å². The van der Waals surface area contributed by atoms with Crippen LogP contribution in [0, 0.1) is 11.3 Å². The second kappa shape index (κ2) is 8.93. The minimum absolute atomic E-state index is 0.00659. The van der Waals surface area contributed by atoms with Gasteiger partial charge in [-0.15, -0.1) is 0 Å². The zero-order valence-electron chi connectivity index (χ0n) is 17.6. The van der Waals surface area contributed by atoms with Gasteiger partial charge in [-0.2, -0.15) is 0 Å². The van der Waals surface area contributed by atoms with Crippen molar-refractivity contribution in [3.63, 3.8) is 0 Å². The number of methoxy groups -OCH3 is 1. The first-order valence-corrected chi connectivity index (χ1v) is 10.4. The zero-order chi connectivity index (χ0) is 21.0. The van der Waals surface area contributed by atoms with E-state index in [1.807, 2.05) is 0 Å². The van der Waals surface area contributed by atoms with E-state index in [2.05, 4.69) is 19.2 Å². The van der Waals surface area contributed by atoms with E-state index in [4.69, 9.17) is 9.47 Å². The Morgan fingerprint density at radius 2 is 1.97 bits per heavy atom. The second-order valence-corrected chi connectivity index (χ2v) is 8.90. The summed E-state index contributed by atoms with van der Waals surface area (Å²) in [6.45, 7) is 5.78. The second-order valence-electron chi connectivity index (χ2n) is 8.90. The Hall–Kier alpha value is -2.44. The monoisotopic (exact) mass is 404 g/mol. The van der Waals surface area contributed by atoms with Crippen molar-refractivity contribution in [2.45, 2.75) is 58.6 Å². The predicted octanol–water partition coefficient (Wildman–Crippen LogP) is 3.44. The first-order chi connectivity index (χ1) is 13.8. The molecule has 0 bridgehead atoms. The Labute approximate surface area is 172 Å². The highest BCUT2D eigenvalue weighted by atomic mass is 16.6. The molecule has 1 aliphatic carbocycles. The van der Waals surface area contributed by atoms with Crippen LogP contribution in [0.3, 0.4) is 0 Å². The number of carbonyl (C=O) groups excluding carboxylic acids is 2. The van der Waals surface area contributed by atoms with Gasteiger partial charge in [0.25, 0.3) is 0 Å². The summed E-state index contributed by atoms with van der Waals surface area (Å²) in [5.74, 6) is 0.130. The molecular formula is C22H32N2O5. The van der Waals surface area contributed by atoms with Gasteiger partial charge in [0.1, 0.15) is 6.10 Å². The lowest BCUT2D eigenvalue weighted by molar-refractivity contribution is -0.124. The smallest absolute Gasteiger partial charge is 0.410 e. The standard InChI is InChI=1S/C22H32N2O5/c1-22(2)9-6-17(7-10-22)29-21(27)24-11-8-16(14-24)20(26)23-13-15-4-5-18(25)19(12-15)28-3/h4-5,12,16-17,25H,6-11,13-14H2,1-3H3,(H,23,26)/t16-/m0/s1. The van der Waals surface area contributed by atoms with E-state index in [1.165, 1.54) is 7.11 Å². The number of benzene rings is 1. The third-order valence-electron chi connectivity index (χ3n) is 6.08. The highest BCUT2D eigenvalue weighted by Gasteiger charge is 2.34. The average molecular weight is 405 g/mol. The van der Waals surface area contributed by atoms with Crippen LogP contribution in [-0.2, 0) is 16.1 Å². The van der Waals surface area contributed by atoms with Crippen molar-refractivity contribution in [3.8, 4) is 11.5 Å². The summed E-state index contributed by atoms with van der Waals surface area (Å²) in [7, 11) is 1.48. The predicted molar refractivity (Wildman–Crippen MR) is 109 cm³/mol. The Morgan fingerprint density at radius 1 is 1.24 bits per heavy atom. The lowest BCUT2D eigenvalue weighted by Crippen LogP contribution is -2.37. The van der Waals surface area contributed by atoms with Crippen molar-refractivity contribution >= 4 is 12.0 Å². The molecule has 3 rings (SSSR count). The Bertz CT molecular complexity index is 739. The number of aromatic hydroxyl groups is 1. The Morgan fingerprint density at radius 3 is 2.66 bits per heavy atom. The molecule has 2 N–H and O–H groups in total. The number of ether oxygens (including phenoxy) is 2. The number of nitrogens with zero attached hydrogens (tertiary/aromatic N) is 1. The zero-order valence-corrected chi connectivity index (χ0v) is 17.6. The molecule has 7 heteroatoms. The van der Waals surface area contributed by atoms with Crippen molar-refractivity contribution < 1.29 is 24.2 Å². The maximum absolute atomic E-state index is 12.5. The van der Waals surface area contributed by atoms with Crippen LogP contribution >= 0.6 is 0 Å². The van der Waals surface area contributed by atoms with Gasteiger partial charge in [0, 0.05) is 19.6 Å². The molecule has 1 atom stereocenters. The lowest BCUT2D eigenvalue weighted by atomic mass is 9.76. The molecule has 1 aromatic carbocycles. The largest absolute Gasteiger partial charge is 0.504 e. The normalized spacial score (nSPS) is 21.6. The molecule has 1 aliphatic heterocycles. The SMILES string of the molecule is COc1cc(CNC(=O)[C@H]2CCN(C(=O)OC3CCC(C)(C)CC3)C2)ccc1O. The summed E-state index contributed by atoms with van der Waals surface area (Å²) >= 11 is 0. The third-order valence-corrected chi connectivity index (χ3v) is 6.08. The van der Waals surface area contributed by atoms with Crippen molar-refractivity contribution in [3.05, 3.63) is 23.8 Å². The van der Waals surface area contributed by atoms with Crippen LogP contribution in [-0.4, -0.2) is 48.3 Å². The van der Waals surface area contributed by atoms with Gasteiger partial charge in [0.05, 0.1) is 13.0 Å². The number of rotatable bonds is 5. The molecule has 160 valence electrons. The molecule has 0 radical (unpaired) electrons. The number of hydrogen-bond acceptors (Lipinski definition) is 5. The Kier molecular flexibility index (Phi) is 6.55. The van der Waals surface area contributed by atoms with Crippen molar-refractivity contribution in [1.82, 2.24) is 10.2 Å². The molecule has 7 nitrogen and oxygen atoms in total. The molecule has 1 saturated heterocycles. The quantitative estimate of drug-likeness (QED) is 0.785. The van der Waals surface area contributed by atoms with Gasteiger partial charge in [0.15, 0.2) is 11.5 Å². The topological polar surface area (TPSA) is 88.1 Å². The molecule has 29 heavy (non-hydrogen) atoms. The average Bonchev–Trinajstić information content (AvgIpc) is 3.19. The first kappa shape index (κ1) is 21.3. The fourth-order valence-corrected chi connectivity index (χ4v) is 4.01. The van der Waals surface area contributed by atoms with Crippen molar-refractivity contribution in [2.75, 3.05) is 20.2 Å². The van der Waals surface area contributed by atoms with Crippen LogP contribution in [0.25, 0.3) is 0 Å². The van der Waals surface area contributed by atoms with Crippen molar-refractivity contribution in [2.24, 2.45) is 11.3 Å². The summed E-state index contributed by atoms with van der Waals surface area (Å²) in [5.41, 5.74) is 1.17. The number of carbonyl (C=O) groups is 2. The molecule has 0 spiro atoms. The van der Waals surface area contributed by atoms with Gasteiger partial charge in [-0.1, -0.05) is 19.9 Å². The summed E-state index contributed by atoms with van der Waals surface area (Å²) in [6.07, 6.45) is 4.29. The number of amides is 2. The van der Waals surface area contributed by atoms with Crippen LogP contribution in [0.1, 0.15) is 51.5 Å². The van der Waals surface area contributed by atoms with E-state index in [1.54, 1.807) is 23.1 Å². The molecular weight excluding hydrogens is 372 g/mol. The summed E-state index contributed by atoms with van der Waals surface area (Å²) in [4.78, 5) is 26.6. The van der Waals surface area contributed by atoms with Gasteiger partial charge in [-0.3, -0.25) is 4.79 Å². The van der Waals surface area contributed by atoms with Crippen LogP contribution in [0.2, 0.25) is 0 Å². The number of likely N-dealkylation sites (tertiary alicyclic amines) is 1. The number of phenols is 1. The van der Waals surface area contributed by atoms with E-state index in [0.29, 0.717) is 37.2 Å². The lowest BCUT2D eigenvalue weighted by Gasteiger charge is -2.34. The van der Waals surface area contributed by atoms with E-state index >= 15 is 0 Å². The summed E-state index contributed by atoms with van der Waals surface area (Å²) in [5, 5.41) is 12.6. The first-order valence-electron chi connectivity index (χ1n) is 10.4. The fourth-order valence-electron chi connectivity index (χ4n) is 4.01. The van der Waals surface area contributed by atoms with Crippen LogP contribution in [0.5, 0.6) is 11.5 Å². The number of nitrogens with one attached hydrogen (secondary N) is 1. The maximum Gasteiger partial charge on any atom is 0.410 e. The highest BCUT2D eigenvalue weighted by Crippen LogP contribution is 2.36. The van der Waals surface area contributed by atoms with Crippen LogP contribution in [0.15, 0.2) is 18.2 Å². The third kappa shape index (κ3) is 5.55. The molecule has 2 amide bonds. The minimum atomic E-state index is -0.298. The molecule has 2 fully saturated rings. The van der Waals surface area contributed by atoms with Gasteiger partial charge in [-0.25, -0.2) is 4.79 Å². The minimum Gasteiger partial charge on any atom is -0.504 e. The van der Waals surface area contributed by atoms with E-state index in [-0.39, 0.29) is 29.8 Å². The number of phenolic OH excluding ortho intramolecular Hbond substituents is 1. The molecule has 0 aromatic heterocycles. The fraction of sp³-hybridized carbons (Fsp3) is 0.636. The molecule has 2 aliphatic rings. The van der Waals surface area contributed by atoms with Crippen molar-refractivity contribution in [1.29, 1.82) is 0 Å².